The lowest BCUT2D eigenvalue weighted by molar-refractivity contribution is -0.383. The Morgan fingerprint density at radius 2 is 1.40 bits per heavy atom. The van der Waals surface area contributed by atoms with Crippen LogP contribution in [0.15, 0.2) is 28.9 Å². The van der Waals surface area contributed by atoms with Crippen molar-refractivity contribution in [3.05, 3.63) is 34.4 Å². The third-order valence-corrected chi connectivity index (χ3v) is 8.75. The summed E-state index contributed by atoms with van der Waals surface area (Å²) >= 11 is 0. The molecule has 2 atom stereocenters. The summed E-state index contributed by atoms with van der Waals surface area (Å²) in [4.78, 5) is 22.9. The summed E-state index contributed by atoms with van der Waals surface area (Å²) in [5, 5.41) is 44.7. The summed E-state index contributed by atoms with van der Waals surface area (Å²) in [6, 6.07) is 2.38. The maximum Gasteiger partial charge on any atom is 0.300 e. The number of aliphatic hydroxyl groups excluding tert-OH is 2. The van der Waals surface area contributed by atoms with E-state index in [-0.39, 0.29) is 23.7 Å². The number of benzene rings is 1. The molecule has 0 fully saturated rings. The summed E-state index contributed by atoms with van der Waals surface area (Å²) < 4.78 is 4.70. The van der Waals surface area contributed by atoms with Crippen molar-refractivity contribution >= 4 is 28.3 Å². The van der Waals surface area contributed by atoms with Gasteiger partial charge in [0.1, 0.15) is 0 Å². The second-order valence-corrected chi connectivity index (χ2v) is 12.8. The second kappa shape index (κ2) is 26.0. The van der Waals surface area contributed by atoms with E-state index < -0.39 is 17.1 Å². The number of hydrogen-bond donors (Lipinski definition) is 4. The van der Waals surface area contributed by atoms with Gasteiger partial charge in [-0.3, -0.25) is 14.9 Å². The minimum absolute atomic E-state index is 0.105. The normalized spacial score (nSPS) is 12.9. The van der Waals surface area contributed by atoms with Crippen molar-refractivity contribution < 1.29 is 24.6 Å². The van der Waals surface area contributed by atoms with Gasteiger partial charge in [0, 0.05) is 19.0 Å². The number of anilines is 1. The van der Waals surface area contributed by atoms with Crippen molar-refractivity contribution in [2.75, 3.05) is 18.5 Å². The van der Waals surface area contributed by atoms with E-state index in [0.29, 0.717) is 17.6 Å². The number of unbranched alkanes of at least 4 members (excludes halogenated alkanes) is 19. The van der Waals surface area contributed by atoms with Crippen LogP contribution >= 0.6 is 0 Å². The van der Waals surface area contributed by atoms with Crippen LogP contribution in [0.25, 0.3) is 11.0 Å². The van der Waals surface area contributed by atoms with E-state index in [0.717, 1.165) is 77.2 Å². The molecule has 1 aromatic heterocycles. The molecule has 0 saturated carbocycles. The van der Waals surface area contributed by atoms with Crippen LogP contribution in [-0.2, 0) is 4.79 Å². The number of carbonyl (C=O) groups is 1. The third-order valence-electron chi connectivity index (χ3n) is 8.75. The maximum atomic E-state index is 12.3. The molecule has 1 amide bonds. The largest absolute Gasteiger partial charge is 0.394 e. The number of rotatable bonds is 30. The number of allylic oxidation sites excluding steroid dienone is 1. The third kappa shape index (κ3) is 17.6. The molecule has 2 rings (SSSR count). The lowest BCUT2D eigenvalue weighted by Gasteiger charge is -2.20. The van der Waals surface area contributed by atoms with E-state index in [1.165, 1.54) is 70.3 Å². The second-order valence-electron chi connectivity index (χ2n) is 12.8. The van der Waals surface area contributed by atoms with E-state index in [4.69, 9.17) is 4.63 Å². The van der Waals surface area contributed by atoms with Gasteiger partial charge in [-0.15, -0.1) is 0 Å². The summed E-state index contributed by atoms with van der Waals surface area (Å²) in [5.41, 5.74) is 1.09. The molecule has 1 aromatic carbocycles. The molecule has 2 aromatic rings. The highest BCUT2D eigenvalue weighted by molar-refractivity contribution is 5.93. The lowest BCUT2D eigenvalue weighted by Crippen LogP contribution is -2.45. The van der Waals surface area contributed by atoms with Crippen molar-refractivity contribution in [2.45, 2.75) is 160 Å². The standard InChI is InChI=1S/C36H61N5O6/c1-2-3-4-5-6-7-8-9-10-13-16-19-22-25-34(44)38-31(29-42)33(43)24-21-18-15-12-11-14-17-20-23-28-37-30-26-27-32(41(45)46)36-35(30)39-47-40-36/h21,24,26-27,31,33,37,42-43H,2-20,22-23,25,28-29H2,1H3,(H,38,44)/t31-,33+/m0/s1. The summed E-state index contributed by atoms with van der Waals surface area (Å²) in [6.45, 7) is 2.70. The van der Waals surface area contributed by atoms with Crippen molar-refractivity contribution in [2.24, 2.45) is 0 Å². The van der Waals surface area contributed by atoms with Crippen molar-refractivity contribution in [1.29, 1.82) is 0 Å². The number of nitro benzene ring substituents is 1. The number of amides is 1. The van der Waals surface area contributed by atoms with Crippen molar-refractivity contribution in [1.82, 2.24) is 15.6 Å². The SMILES string of the molecule is CCCCCCCCCCCCCCCC(=O)N[C@@H](CO)[C@H](O)C=CCCCCCCCCCNc1ccc([N+](=O)[O-])c2nonc12. The molecule has 11 nitrogen and oxygen atoms in total. The Kier molecular flexibility index (Phi) is 22.2. The number of fused-ring (bicyclic) bond motifs is 1. The molecule has 0 unspecified atom stereocenters. The number of nitro groups is 1. The molecule has 4 N–H and O–H groups in total. The highest BCUT2D eigenvalue weighted by Crippen LogP contribution is 2.28. The zero-order valence-corrected chi connectivity index (χ0v) is 28.8. The number of hydrogen-bond acceptors (Lipinski definition) is 9. The zero-order chi connectivity index (χ0) is 34.0. The number of non-ortho nitro benzene ring substituents is 1. The highest BCUT2D eigenvalue weighted by atomic mass is 16.6. The van der Waals surface area contributed by atoms with Crippen molar-refractivity contribution in [3.63, 3.8) is 0 Å². The van der Waals surface area contributed by atoms with Crippen LogP contribution in [0.4, 0.5) is 11.4 Å². The fraction of sp³-hybridized carbons (Fsp3) is 0.750. The molecule has 266 valence electrons. The van der Waals surface area contributed by atoms with E-state index in [2.05, 4.69) is 27.9 Å². The van der Waals surface area contributed by atoms with Crippen LogP contribution in [0, 0.1) is 10.1 Å². The van der Waals surface area contributed by atoms with Gasteiger partial charge in [-0.25, -0.2) is 4.63 Å². The Bertz CT molecular complexity index is 1140. The van der Waals surface area contributed by atoms with Gasteiger partial charge in [-0.05, 0) is 42.1 Å². The Morgan fingerprint density at radius 3 is 2.00 bits per heavy atom. The quantitative estimate of drug-likeness (QED) is 0.0278. The molecule has 0 radical (unpaired) electrons. The number of aromatic nitrogens is 2. The average Bonchev–Trinajstić information content (AvgIpc) is 3.56. The highest BCUT2D eigenvalue weighted by Gasteiger charge is 2.19. The number of carbonyl (C=O) groups excluding carboxylic acids is 1. The van der Waals surface area contributed by atoms with E-state index in [1.54, 1.807) is 12.1 Å². The minimum Gasteiger partial charge on any atom is -0.394 e. The van der Waals surface area contributed by atoms with Crippen LogP contribution in [-0.4, -0.2) is 56.7 Å². The van der Waals surface area contributed by atoms with Gasteiger partial charge in [-0.2, -0.15) is 0 Å². The van der Waals surface area contributed by atoms with Crippen LogP contribution < -0.4 is 10.6 Å². The molecule has 0 spiro atoms. The molecule has 11 heteroatoms. The molecule has 0 aliphatic heterocycles. The van der Waals surface area contributed by atoms with Gasteiger partial charge in [0.15, 0.2) is 5.52 Å². The van der Waals surface area contributed by atoms with Gasteiger partial charge >= 0.3 is 5.69 Å². The molecule has 47 heavy (non-hydrogen) atoms. The summed E-state index contributed by atoms with van der Waals surface area (Å²) in [7, 11) is 0. The van der Waals surface area contributed by atoms with Crippen LogP contribution in [0.2, 0.25) is 0 Å². The Labute approximate surface area is 281 Å². The van der Waals surface area contributed by atoms with Gasteiger partial charge in [0.25, 0.3) is 0 Å². The maximum absolute atomic E-state index is 12.3. The van der Waals surface area contributed by atoms with Crippen LogP contribution in [0.1, 0.15) is 148 Å². The lowest BCUT2D eigenvalue weighted by atomic mass is 10.0. The first kappa shape index (κ1) is 40.1. The number of nitrogens with zero attached hydrogens (tertiary/aromatic N) is 3. The molecule has 0 saturated heterocycles. The van der Waals surface area contributed by atoms with Crippen LogP contribution in [0.5, 0.6) is 0 Å². The minimum atomic E-state index is -0.896. The average molecular weight is 660 g/mol. The zero-order valence-electron chi connectivity index (χ0n) is 28.8. The molecular formula is C36H61N5O6. The molecule has 0 aliphatic rings. The van der Waals surface area contributed by atoms with Gasteiger partial charge in [0.2, 0.25) is 11.4 Å². The molecule has 0 aliphatic carbocycles. The Morgan fingerprint density at radius 1 is 0.851 bits per heavy atom. The van der Waals surface area contributed by atoms with Gasteiger partial charge in [-0.1, -0.05) is 128 Å². The number of nitrogens with one attached hydrogen (secondary N) is 2. The fourth-order valence-electron chi connectivity index (χ4n) is 5.83. The van der Waals surface area contributed by atoms with Crippen LogP contribution in [0.3, 0.4) is 0 Å². The smallest absolute Gasteiger partial charge is 0.300 e. The predicted molar refractivity (Wildman–Crippen MR) is 188 cm³/mol. The fourth-order valence-corrected chi connectivity index (χ4v) is 5.83. The monoisotopic (exact) mass is 659 g/mol. The molecular weight excluding hydrogens is 598 g/mol. The van der Waals surface area contributed by atoms with E-state index in [9.17, 15) is 25.1 Å². The Balaban J connectivity index is 1.42. The number of aliphatic hydroxyl groups is 2. The summed E-state index contributed by atoms with van der Waals surface area (Å²) in [6.07, 6.45) is 28.1. The first-order valence-electron chi connectivity index (χ1n) is 18.4. The van der Waals surface area contributed by atoms with E-state index in [1.807, 2.05) is 6.08 Å². The molecule has 1 heterocycles. The topological polar surface area (TPSA) is 164 Å². The molecule has 0 bridgehead atoms. The summed E-state index contributed by atoms with van der Waals surface area (Å²) in [5.74, 6) is -0.105. The van der Waals surface area contributed by atoms with Gasteiger partial charge in [0.05, 0.1) is 29.4 Å². The van der Waals surface area contributed by atoms with Crippen molar-refractivity contribution in [3.8, 4) is 0 Å². The first-order valence-corrected chi connectivity index (χ1v) is 18.4. The van der Waals surface area contributed by atoms with E-state index >= 15 is 0 Å². The Hall–Kier alpha value is -3.05. The predicted octanol–water partition coefficient (Wildman–Crippen LogP) is 8.54. The first-order chi connectivity index (χ1) is 23.0. The van der Waals surface area contributed by atoms with Gasteiger partial charge < -0.3 is 20.8 Å².